The molecule has 0 saturated carbocycles. The van der Waals surface area contributed by atoms with Gasteiger partial charge >= 0.3 is 0 Å². The normalized spacial score (nSPS) is 9.80. The zero-order valence-corrected chi connectivity index (χ0v) is 7.05. The molecule has 0 N–H and O–H groups in total. The number of carbonyl (C=O) groups excluding carboxylic acids is 1. The summed E-state index contributed by atoms with van der Waals surface area (Å²) in [6, 6.07) is 0. The van der Waals surface area contributed by atoms with Gasteiger partial charge in [0, 0.05) is 6.42 Å². The van der Waals surface area contributed by atoms with Crippen molar-refractivity contribution < 1.29 is 9.18 Å². The van der Waals surface area contributed by atoms with Crippen molar-refractivity contribution in [2.24, 2.45) is 0 Å². The van der Waals surface area contributed by atoms with Crippen LogP contribution in [-0.2, 0) is 4.79 Å². The molecule has 0 bridgehead atoms. The first-order valence-electron chi connectivity index (χ1n) is 3.38. The van der Waals surface area contributed by atoms with Crippen LogP contribution in [0.2, 0.25) is 0 Å². The van der Waals surface area contributed by atoms with Crippen molar-refractivity contribution >= 4 is 17.5 Å². The van der Waals surface area contributed by atoms with Gasteiger partial charge in [0.1, 0.15) is 5.78 Å². The molecule has 0 unspecified atom stereocenters. The molecule has 0 spiro atoms. The van der Waals surface area contributed by atoms with E-state index in [1.165, 1.54) is 11.8 Å². The molecule has 0 amide bonds. The lowest BCUT2D eigenvalue weighted by molar-refractivity contribution is -0.116. The lowest BCUT2D eigenvalue weighted by Gasteiger charge is -1.95. The summed E-state index contributed by atoms with van der Waals surface area (Å²) in [5, 5.41) is 0. The van der Waals surface area contributed by atoms with Crippen LogP contribution in [-0.4, -0.2) is 24.5 Å². The fourth-order valence-corrected chi connectivity index (χ4v) is 1.12. The molecule has 0 saturated heterocycles. The molecule has 0 radical (unpaired) electrons. The Hall–Kier alpha value is -0.0500. The van der Waals surface area contributed by atoms with Gasteiger partial charge in [0.15, 0.2) is 0 Å². The van der Waals surface area contributed by atoms with Crippen LogP contribution in [0.4, 0.5) is 4.39 Å². The fraction of sp³-hybridized carbons (Fsp3) is 0.857. The van der Waals surface area contributed by atoms with Gasteiger partial charge in [-0.15, -0.1) is 0 Å². The summed E-state index contributed by atoms with van der Waals surface area (Å²) in [6.45, 7) is -0.299. The van der Waals surface area contributed by atoms with Crippen molar-refractivity contribution in [3.8, 4) is 0 Å². The standard InChI is InChI=1S/C7H13FOS/c1-10-6-7(9)4-2-3-5-8/h2-6H2,1H3. The molecule has 0 aliphatic carbocycles. The molecule has 0 atom stereocenters. The quantitative estimate of drug-likeness (QED) is 0.559. The van der Waals surface area contributed by atoms with Crippen molar-refractivity contribution in [2.75, 3.05) is 18.7 Å². The van der Waals surface area contributed by atoms with Gasteiger partial charge < -0.3 is 0 Å². The first-order chi connectivity index (χ1) is 4.81. The van der Waals surface area contributed by atoms with E-state index in [2.05, 4.69) is 0 Å². The second kappa shape index (κ2) is 7.06. The maximum Gasteiger partial charge on any atom is 0.142 e. The molecule has 0 aliphatic heterocycles. The average Bonchev–Trinajstić information content (AvgIpc) is 1.89. The molecule has 0 heterocycles. The van der Waals surface area contributed by atoms with Crippen LogP contribution in [0, 0.1) is 0 Å². The Balaban J connectivity index is 3.05. The van der Waals surface area contributed by atoms with Gasteiger partial charge in [-0.3, -0.25) is 9.18 Å². The van der Waals surface area contributed by atoms with Crippen LogP contribution in [0.15, 0.2) is 0 Å². The average molecular weight is 164 g/mol. The SMILES string of the molecule is CSCC(=O)CCCCF. The predicted octanol–water partition coefficient (Wildman–Crippen LogP) is 2.06. The van der Waals surface area contributed by atoms with Crippen molar-refractivity contribution in [3.63, 3.8) is 0 Å². The highest BCUT2D eigenvalue weighted by Gasteiger charge is 1.98. The smallest absolute Gasteiger partial charge is 0.142 e. The molecular formula is C7H13FOS. The zero-order chi connectivity index (χ0) is 7.82. The minimum absolute atomic E-state index is 0.237. The predicted molar refractivity (Wildman–Crippen MR) is 43.2 cm³/mol. The Kier molecular flexibility index (Phi) is 7.03. The minimum Gasteiger partial charge on any atom is -0.299 e. The summed E-state index contributed by atoms with van der Waals surface area (Å²) in [7, 11) is 0. The maximum atomic E-state index is 11.5. The number of alkyl halides is 1. The highest BCUT2D eigenvalue weighted by Crippen LogP contribution is 2.01. The van der Waals surface area contributed by atoms with E-state index >= 15 is 0 Å². The van der Waals surface area contributed by atoms with E-state index < -0.39 is 0 Å². The Morgan fingerprint density at radius 2 is 2.20 bits per heavy atom. The van der Waals surface area contributed by atoms with Crippen molar-refractivity contribution in [1.82, 2.24) is 0 Å². The zero-order valence-electron chi connectivity index (χ0n) is 6.23. The first-order valence-corrected chi connectivity index (χ1v) is 4.77. The van der Waals surface area contributed by atoms with Crippen LogP contribution in [0.3, 0.4) is 0 Å². The van der Waals surface area contributed by atoms with Gasteiger partial charge in [-0.05, 0) is 19.1 Å². The fourth-order valence-electron chi connectivity index (χ4n) is 0.650. The number of thioether (sulfide) groups is 1. The molecule has 60 valence electrons. The number of carbonyl (C=O) groups is 1. The molecule has 10 heavy (non-hydrogen) atoms. The summed E-state index contributed by atoms with van der Waals surface area (Å²) in [4.78, 5) is 10.8. The topological polar surface area (TPSA) is 17.1 Å². The molecule has 0 aromatic heterocycles. The molecule has 3 heteroatoms. The van der Waals surface area contributed by atoms with Gasteiger partial charge in [0.05, 0.1) is 12.4 Å². The number of rotatable bonds is 6. The highest BCUT2D eigenvalue weighted by molar-refractivity contribution is 7.99. The minimum atomic E-state index is -0.299. The van der Waals surface area contributed by atoms with E-state index in [1.807, 2.05) is 6.26 Å². The summed E-state index contributed by atoms with van der Waals surface area (Å²) >= 11 is 1.52. The van der Waals surface area contributed by atoms with Gasteiger partial charge in [-0.2, -0.15) is 11.8 Å². The number of hydrogen-bond donors (Lipinski definition) is 0. The Morgan fingerprint density at radius 1 is 1.50 bits per heavy atom. The molecular weight excluding hydrogens is 151 g/mol. The number of unbranched alkanes of at least 4 members (excludes halogenated alkanes) is 1. The van der Waals surface area contributed by atoms with E-state index in [-0.39, 0.29) is 12.5 Å². The molecule has 0 aromatic carbocycles. The Bertz CT molecular complexity index is 95.6. The summed E-state index contributed by atoms with van der Waals surface area (Å²) in [5.41, 5.74) is 0. The Labute approximate surface area is 65.4 Å². The number of halogens is 1. The van der Waals surface area contributed by atoms with Gasteiger partial charge in [-0.1, -0.05) is 0 Å². The molecule has 0 aromatic rings. The number of hydrogen-bond acceptors (Lipinski definition) is 2. The molecule has 1 nitrogen and oxygen atoms in total. The summed E-state index contributed by atoms with van der Waals surface area (Å²) in [5.74, 6) is 0.813. The maximum absolute atomic E-state index is 11.5. The second-order valence-corrected chi connectivity index (χ2v) is 2.98. The van der Waals surface area contributed by atoms with Crippen LogP contribution in [0.1, 0.15) is 19.3 Å². The first kappa shape index (κ1) is 9.95. The van der Waals surface area contributed by atoms with Gasteiger partial charge in [-0.25, -0.2) is 0 Å². The van der Waals surface area contributed by atoms with Crippen LogP contribution in [0.5, 0.6) is 0 Å². The van der Waals surface area contributed by atoms with Crippen LogP contribution >= 0.6 is 11.8 Å². The monoisotopic (exact) mass is 164 g/mol. The summed E-state index contributed by atoms with van der Waals surface area (Å²) in [6.07, 6.45) is 3.67. The molecule has 0 aliphatic rings. The number of ketones is 1. The van der Waals surface area contributed by atoms with E-state index in [0.717, 1.165) is 0 Å². The lowest BCUT2D eigenvalue weighted by Crippen LogP contribution is -2.00. The second-order valence-electron chi connectivity index (χ2n) is 2.12. The van der Waals surface area contributed by atoms with Crippen LogP contribution in [0.25, 0.3) is 0 Å². The van der Waals surface area contributed by atoms with Gasteiger partial charge in [0.2, 0.25) is 0 Å². The van der Waals surface area contributed by atoms with Crippen molar-refractivity contribution in [3.05, 3.63) is 0 Å². The van der Waals surface area contributed by atoms with E-state index in [1.54, 1.807) is 0 Å². The lowest BCUT2D eigenvalue weighted by atomic mass is 10.2. The molecule has 0 rings (SSSR count). The highest BCUT2D eigenvalue weighted by atomic mass is 32.2. The van der Waals surface area contributed by atoms with Crippen molar-refractivity contribution in [1.29, 1.82) is 0 Å². The van der Waals surface area contributed by atoms with Gasteiger partial charge in [0.25, 0.3) is 0 Å². The third-order valence-electron chi connectivity index (χ3n) is 1.14. The van der Waals surface area contributed by atoms with E-state index in [0.29, 0.717) is 25.0 Å². The van der Waals surface area contributed by atoms with E-state index in [4.69, 9.17) is 0 Å². The largest absolute Gasteiger partial charge is 0.299 e. The Morgan fingerprint density at radius 3 is 2.70 bits per heavy atom. The van der Waals surface area contributed by atoms with Crippen molar-refractivity contribution in [2.45, 2.75) is 19.3 Å². The number of Topliss-reactive ketones (excluding diaryl/α,β-unsaturated/α-hetero) is 1. The third-order valence-corrected chi connectivity index (χ3v) is 1.76. The molecule has 0 fully saturated rings. The third kappa shape index (κ3) is 6.08. The summed E-state index contributed by atoms with van der Waals surface area (Å²) < 4.78 is 11.5. The van der Waals surface area contributed by atoms with E-state index in [9.17, 15) is 9.18 Å². The van der Waals surface area contributed by atoms with Crippen LogP contribution < -0.4 is 0 Å².